The molecule has 17 heavy (non-hydrogen) atoms. The van der Waals surface area contributed by atoms with E-state index in [1.54, 1.807) is 0 Å². The lowest BCUT2D eigenvalue weighted by molar-refractivity contribution is 0.114. The average Bonchev–Trinajstić information content (AvgIpc) is 2.15. The van der Waals surface area contributed by atoms with Crippen LogP contribution in [-0.2, 0) is 0 Å². The van der Waals surface area contributed by atoms with E-state index in [9.17, 15) is 0 Å². The van der Waals surface area contributed by atoms with Crippen molar-refractivity contribution in [3.63, 3.8) is 0 Å². The second kappa shape index (κ2) is 5.66. The maximum Gasteiger partial charge on any atom is 0.0784 e. The van der Waals surface area contributed by atoms with Gasteiger partial charge in [0.05, 0.1) is 4.99 Å². The van der Waals surface area contributed by atoms with Crippen molar-refractivity contribution in [2.24, 2.45) is 16.6 Å². The molecule has 0 bridgehead atoms. The summed E-state index contributed by atoms with van der Waals surface area (Å²) in [6.45, 7) is 12.7. The van der Waals surface area contributed by atoms with Crippen molar-refractivity contribution in [3.05, 3.63) is 0 Å². The molecular formula is C14H28N2S. The summed E-state index contributed by atoms with van der Waals surface area (Å²) in [7, 11) is 0. The molecule has 0 amide bonds. The molecule has 0 aromatic heterocycles. The van der Waals surface area contributed by atoms with Crippen LogP contribution < -0.4 is 5.73 Å². The Bertz CT molecular complexity index is 271. The molecular weight excluding hydrogens is 228 g/mol. The van der Waals surface area contributed by atoms with Crippen molar-refractivity contribution in [3.8, 4) is 0 Å². The highest BCUT2D eigenvalue weighted by Gasteiger charge is 2.27. The summed E-state index contributed by atoms with van der Waals surface area (Å²) in [4.78, 5) is 3.25. The van der Waals surface area contributed by atoms with Crippen LogP contribution in [0.4, 0.5) is 0 Å². The Balaban J connectivity index is 2.30. The molecule has 0 radical (unpaired) electrons. The topological polar surface area (TPSA) is 29.3 Å². The molecule has 0 aromatic rings. The largest absolute Gasteiger partial charge is 0.393 e. The number of piperidine rings is 1. The highest BCUT2D eigenvalue weighted by molar-refractivity contribution is 7.80. The molecule has 0 spiro atoms. The number of rotatable bonds is 5. The third-order valence-corrected chi connectivity index (χ3v) is 4.48. The molecule has 1 aliphatic heterocycles. The van der Waals surface area contributed by atoms with E-state index in [2.05, 4.69) is 32.6 Å². The summed E-state index contributed by atoms with van der Waals surface area (Å²) in [5.41, 5.74) is 6.26. The number of nitrogens with two attached hydrogens (primary N) is 1. The predicted octanol–water partition coefficient (Wildman–Crippen LogP) is 3.20. The first kappa shape index (κ1) is 14.9. The fourth-order valence-corrected chi connectivity index (χ4v) is 2.71. The van der Waals surface area contributed by atoms with Gasteiger partial charge in [-0.15, -0.1) is 0 Å². The quantitative estimate of drug-likeness (QED) is 0.766. The van der Waals surface area contributed by atoms with Crippen molar-refractivity contribution < 1.29 is 0 Å². The minimum atomic E-state index is 0.0145. The van der Waals surface area contributed by atoms with Crippen LogP contribution in [0, 0.1) is 10.8 Å². The van der Waals surface area contributed by atoms with Crippen molar-refractivity contribution in [2.45, 2.75) is 53.4 Å². The minimum absolute atomic E-state index is 0.0145. The average molecular weight is 256 g/mol. The molecule has 0 aliphatic carbocycles. The van der Waals surface area contributed by atoms with Gasteiger partial charge in [0.15, 0.2) is 0 Å². The zero-order chi connectivity index (χ0) is 13.1. The summed E-state index contributed by atoms with van der Waals surface area (Å²) in [5.74, 6) is 0. The fraction of sp³-hybridized carbons (Fsp3) is 0.929. The van der Waals surface area contributed by atoms with Crippen molar-refractivity contribution in [1.82, 2.24) is 4.90 Å². The van der Waals surface area contributed by atoms with Gasteiger partial charge in [0.2, 0.25) is 0 Å². The highest BCUT2D eigenvalue weighted by Crippen LogP contribution is 2.29. The van der Waals surface area contributed by atoms with Crippen LogP contribution in [0.3, 0.4) is 0 Å². The van der Waals surface area contributed by atoms with Gasteiger partial charge in [-0.2, -0.15) is 0 Å². The third-order valence-electron chi connectivity index (χ3n) is 3.92. The van der Waals surface area contributed by atoms with E-state index in [1.165, 1.54) is 38.9 Å². The Kier molecular flexibility index (Phi) is 4.96. The maximum absolute atomic E-state index is 5.75. The molecule has 1 heterocycles. The number of nitrogens with zero attached hydrogens (tertiary/aromatic N) is 1. The Morgan fingerprint density at radius 3 is 2.59 bits per heavy atom. The van der Waals surface area contributed by atoms with Gasteiger partial charge >= 0.3 is 0 Å². The summed E-state index contributed by atoms with van der Waals surface area (Å²) in [6, 6.07) is 0. The van der Waals surface area contributed by atoms with Gasteiger partial charge in [0, 0.05) is 12.0 Å². The van der Waals surface area contributed by atoms with Gasteiger partial charge in [-0.05, 0) is 44.2 Å². The predicted molar refractivity (Wildman–Crippen MR) is 79.3 cm³/mol. The minimum Gasteiger partial charge on any atom is -0.393 e. The van der Waals surface area contributed by atoms with Crippen LogP contribution in [0.1, 0.15) is 53.4 Å². The van der Waals surface area contributed by atoms with Crippen LogP contribution in [0.5, 0.6) is 0 Å². The molecule has 1 rings (SSSR count). The van der Waals surface area contributed by atoms with Gasteiger partial charge in [-0.25, -0.2) is 0 Å². The summed E-state index contributed by atoms with van der Waals surface area (Å²) in [6.07, 6.45) is 4.99. The molecule has 0 saturated carbocycles. The molecule has 100 valence electrons. The van der Waals surface area contributed by atoms with E-state index in [0.29, 0.717) is 10.4 Å². The van der Waals surface area contributed by atoms with E-state index < -0.39 is 0 Å². The Morgan fingerprint density at radius 1 is 1.41 bits per heavy atom. The smallest absolute Gasteiger partial charge is 0.0784 e. The maximum atomic E-state index is 5.75. The molecule has 2 N–H and O–H groups in total. The van der Waals surface area contributed by atoms with E-state index in [4.69, 9.17) is 18.0 Å². The Morgan fingerprint density at radius 2 is 2.06 bits per heavy atom. The van der Waals surface area contributed by atoms with Crippen molar-refractivity contribution >= 4 is 17.2 Å². The fourth-order valence-electron chi connectivity index (χ4n) is 2.60. The second-order valence-electron chi connectivity index (χ2n) is 6.90. The van der Waals surface area contributed by atoms with E-state index >= 15 is 0 Å². The Hall–Kier alpha value is -0.150. The van der Waals surface area contributed by atoms with Gasteiger partial charge in [0.25, 0.3) is 0 Å². The number of likely N-dealkylation sites (tertiary alicyclic amines) is 1. The first-order valence-electron chi connectivity index (χ1n) is 6.75. The highest BCUT2D eigenvalue weighted by atomic mass is 32.1. The zero-order valence-corrected chi connectivity index (χ0v) is 12.7. The van der Waals surface area contributed by atoms with Crippen LogP contribution in [0.15, 0.2) is 0 Å². The monoisotopic (exact) mass is 256 g/mol. The number of hydrogen-bond acceptors (Lipinski definition) is 2. The summed E-state index contributed by atoms with van der Waals surface area (Å²) in [5, 5.41) is 0. The first-order valence-corrected chi connectivity index (χ1v) is 7.16. The van der Waals surface area contributed by atoms with Gasteiger partial charge in [-0.1, -0.05) is 39.9 Å². The van der Waals surface area contributed by atoms with E-state index in [0.717, 1.165) is 6.42 Å². The summed E-state index contributed by atoms with van der Waals surface area (Å²) < 4.78 is 0. The SMILES string of the molecule is CC1(C)CCCN(CCCC(C)(C)C(N)=S)C1. The molecule has 0 unspecified atom stereocenters. The summed E-state index contributed by atoms with van der Waals surface area (Å²) >= 11 is 5.10. The molecule has 2 nitrogen and oxygen atoms in total. The van der Waals surface area contributed by atoms with Crippen LogP contribution in [0.2, 0.25) is 0 Å². The van der Waals surface area contributed by atoms with Crippen LogP contribution >= 0.6 is 12.2 Å². The van der Waals surface area contributed by atoms with Crippen LogP contribution in [-0.4, -0.2) is 29.5 Å². The van der Waals surface area contributed by atoms with Crippen LogP contribution in [0.25, 0.3) is 0 Å². The van der Waals surface area contributed by atoms with Crippen molar-refractivity contribution in [2.75, 3.05) is 19.6 Å². The lowest BCUT2D eigenvalue weighted by Gasteiger charge is -2.38. The molecule has 1 fully saturated rings. The number of thiocarbonyl (C=S) groups is 1. The molecule has 1 saturated heterocycles. The lowest BCUT2D eigenvalue weighted by atomic mass is 9.83. The van der Waals surface area contributed by atoms with Crippen molar-refractivity contribution in [1.29, 1.82) is 0 Å². The van der Waals surface area contributed by atoms with Gasteiger partial charge < -0.3 is 10.6 Å². The normalized spacial score (nSPS) is 21.4. The Labute approximate surface area is 112 Å². The molecule has 0 aromatic carbocycles. The first-order chi connectivity index (χ1) is 7.73. The second-order valence-corrected chi connectivity index (χ2v) is 7.34. The molecule has 3 heteroatoms. The lowest BCUT2D eigenvalue weighted by Crippen LogP contribution is -2.41. The molecule has 0 atom stereocenters. The van der Waals surface area contributed by atoms with Gasteiger partial charge in [0.1, 0.15) is 0 Å². The third kappa shape index (κ3) is 4.92. The molecule has 1 aliphatic rings. The van der Waals surface area contributed by atoms with Gasteiger partial charge in [-0.3, -0.25) is 0 Å². The van der Waals surface area contributed by atoms with E-state index in [-0.39, 0.29) is 5.41 Å². The zero-order valence-electron chi connectivity index (χ0n) is 11.9. The number of hydrogen-bond donors (Lipinski definition) is 1. The standard InChI is InChI=1S/C14H28N2S/c1-13(2)7-5-9-16(11-13)10-6-8-14(3,4)12(15)17/h5-11H2,1-4H3,(H2,15,17). The van der Waals surface area contributed by atoms with E-state index in [1.807, 2.05) is 0 Å².